The van der Waals surface area contributed by atoms with Crippen molar-refractivity contribution >= 4 is 16.1 Å². The number of ether oxygens (including phenoxy) is 1. The maximum atomic E-state index is 13.7. The Bertz CT molecular complexity index is 712. The van der Waals surface area contributed by atoms with E-state index in [0.717, 1.165) is 6.42 Å². The lowest BCUT2D eigenvalue weighted by Gasteiger charge is -2.20. The molecule has 0 aliphatic heterocycles. The first-order valence-corrected chi connectivity index (χ1v) is 8.13. The number of hydrogen-bond donors (Lipinski definition) is 1. The molecule has 0 heterocycles. The Labute approximate surface area is 129 Å². The first-order chi connectivity index (χ1) is 10.6. The molecule has 0 amide bonds. The van der Waals surface area contributed by atoms with Crippen molar-refractivity contribution in [1.82, 2.24) is 0 Å². The van der Waals surface area contributed by atoms with Gasteiger partial charge in [-0.15, -0.1) is 0 Å². The molecule has 1 saturated carbocycles. The summed E-state index contributed by atoms with van der Waals surface area (Å²) in [5.74, 6) is -12.5. The van der Waals surface area contributed by atoms with Crippen molar-refractivity contribution in [2.45, 2.75) is 37.0 Å². The topological polar surface area (TPSA) is 80.7 Å². The van der Waals surface area contributed by atoms with Crippen LogP contribution in [0.15, 0.2) is 4.90 Å². The number of benzene rings is 1. The van der Waals surface area contributed by atoms with Gasteiger partial charge in [0.1, 0.15) is 0 Å². The zero-order valence-corrected chi connectivity index (χ0v) is 12.4. The van der Waals surface area contributed by atoms with Gasteiger partial charge < -0.3 is 4.74 Å². The minimum absolute atomic E-state index is 0.413. The molecular formula is C13H12F4O5S. The van der Waals surface area contributed by atoms with Crippen molar-refractivity contribution < 1.29 is 40.1 Å². The van der Waals surface area contributed by atoms with Gasteiger partial charge in [-0.1, -0.05) is 19.3 Å². The Balaban J connectivity index is 2.42. The molecule has 1 N–H and O–H groups in total. The van der Waals surface area contributed by atoms with Crippen LogP contribution >= 0.6 is 0 Å². The molecule has 5 nitrogen and oxygen atoms in total. The second kappa shape index (κ2) is 6.44. The predicted molar refractivity (Wildman–Crippen MR) is 68.3 cm³/mol. The highest BCUT2D eigenvalue weighted by Gasteiger charge is 2.35. The number of rotatable bonds is 3. The van der Waals surface area contributed by atoms with E-state index in [0.29, 0.717) is 25.7 Å². The molecule has 10 heteroatoms. The standard InChI is InChI=1S/C13H12F4O5S/c14-7-9(16)12(23(19,20)21)10(17)8(15)11(7)22-13(18)6-4-2-1-3-5-6/h6H,1-5H2,(H,19,20,21). The summed E-state index contributed by atoms with van der Waals surface area (Å²) >= 11 is 0. The summed E-state index contributed by atoms with van der Waals surface area (Å²) in [5.41, 5.74) is 0. The fourth-order valence-electron chi connectivity index (χ4n) is 2.43. The Hall–Kier alpha value is -1.68. The molecule has 1 aliphatic carbocycles. The molecule has 0 radical (unpaired) electrons. The Kier molecular flexibility index (Phi) is 4.95. The molecule has 1 aromatic carbocycles. The van der Waals surface area contributed by atoms with E-state index >= 15 is 0 Å². The molecule has 0 unspecified atom stereocenters. The van der Waals surface area contributed by atoms with Crippen molar-refractivity contribution in [3.8, 4) is 5.75 Å². The maximum absolute atomic E-state index is 13.7. The van der Waals surface area contributed by atoms with Crippen LogP contribution in [-0.2, 0) is 14.9 Å². The fraction of sp³-hybridized carbons (Fsp3) is 0.462. The third-order valence-electron chi connectivity index (χ3n) is 3.58. The molecule has 0 atom stereocenters. The zero-order chi connectivity index (χ0) is 17.4. The first kappa shape index (κ1) is 17.7. The van der Waals surface area contributed by atoms with E-state index in [4.69, 9.17) is 4.55 Å². The van der Waals surface area contributed by atoms with E-state index in [1.807, 2.05) is 0 Å². The zero-order valence-electron chi connectivity index (χ0n) is 11.6. The number of esters is 1. The highest BCUT2D eigenvalue weighted by atomic mass is 32.2. The molecule has 0 aromatic heterocycles. The molecular weight excluding hydrogens is 344 g/mol. The van der Waals surface area contributed by atoms with Crippen LogP contribution in [0.1, 0.15) is 32.1 Å². The van der Waals surface area contributed by atoms with E-state index in [9.17, 15) is 30.8 Å². The van der Waals surface area contributed by atoms with Gasteiger partial charge in [0.2, 0.25) is 17.4 Å². The van der Waals surface area contributed by atoms with Crippen molar-refractivity contribution in [2.24, 2.45) is 5.92 Å². The monoisotopic (exact) mass is 356 g/mol. The molecule has 0 bridgehead atoms. The van der Waals surface area contributed by atoms with Gasteiger partial charge >= 0.3 is 16.1 Å². The van der Waals surface area contributed by atoms with Crippen LogP contribution in [0, 0.1) is 29.2 Å². The predicted octanol–water partition coefficient (Wildman–Crippen LogP) is 2.98. The van der Waals surface area contributed by atoms with Gasteiger partial charge in [-0.3, -0.25) is 9.35 Å². The summed E-state index contributed by atoms with van der Waals surface area (Å²) in [4.78, 5) is 9.63. The van der Waals surface area contributed by atoms with Crippen LogP contribution in [0.25, 0.3) is 0 Å². The SMILES string of the molecule is O=C(Oc1c(F)c(F)c(S(=O)(=O)O)c(F)c1F)C1CCCCC1. The summed E-state index contributed by atoms with van der Waals surface area (Å²) in [6, 6.07) is 0. The minimum atomic E-state index is -5.55. The Morgan fingerprint density at radius 2 is 1.43 bits per heavy atom. The summed E-state index contributed by atoms with van der Waals surface area (Å²) in [6.07, 6.45) is 3.12. The number of carbonyl (C=O) groups is 1. The van der Waals surface area contributed by atoms with Crippen LogP contribution < -0.4 is 4.74 Å². The number of halogens is 4. The second-order valence-electron chi connectivity index (χ2n) is 5.15. The van der Waals surface area contributed by atoms with E-state index in [-0.39, 0.29) is 0 Å². The fourth-order valence-corrected chi connectivity index (χ4v) is 3.06. The average Bonchev–Trinajstić information content (AvgIpc) is 2.49. The van der Waals surface area contributed by atoms with Crippen LogP contribution in [0.4, 0.5) is 17.6 Å². The van der Waals surface area contributed by atoms with Crippen molar-refractivity contribution in [3.63, 3.8) is 0 Å². The van der Waals surface area contributed by atoms with Crippen LogP contribution in [0.5, 0.6) is 5.75 Å². The molecule has 128 valence electrons. The highest BCUT2D eigenvalue weighted by molar-refractivity contribution is 7.85. The van der Waals surface area contributed by atoms with Crippen molar-refractivity contribution in [3.05, 3.63) is 23.3 Å². The van der Waals surface area contributed by atoms with E-state index in [1.165, 1.54) is 0 Å². The van der Waals surface area contributed by atoms with Gasteiger partial charge in [0.05, 0.1) is 5.92 Å². The summed E-state index contributed by atoms with van der Waals surface area (Å²) in [7, 11) is -5.55. The summed E-state index contributed by atoms with van der Waals surface area (Å²) < 4.78 is 89.2. The lowest BCUT2D eigenvalue weighted by atomic mass is 9.89. The quantitative estimate of drug-likeness (QED) is 0.296. The Morgan fingerprint density at radius 1 is 0.957 bits per heavy atom. The smallest absolute Gasteiger partial charge is 0.314 e. The number of carbonyl (C=O) groups excluding carboxylic acids is 1. The largest absolute Gasteiger partial charge is 0.420 e. The highest BCUT2D eigenvalue weighted by Crippen LogP contribution is 2.34. The molecule has 1 aromatic rings. The summed E-state index contributed by atoms with van der Waals surface area (Å²) in [6.45, 7) is 0. The van der Waals surface area contributed by atoms with E-state index in [1.54, 1.807) is 0 Å². The molecule has 2 rings (SSSR count). The van der Waals surface area contributed by atoms with Gasteiger partial charge in [0, 0.05) is 0 Å². The van der Waals surface area contributed by atoms with Gasteiger partial charge in [0.25, 0.3) is 0 Å². The third-order valence-corrected chi connectivity index (χ3v) is 4.46. The molecule has 0 spiro atoms. The normalized spacial score (nSPS) is 16.4. The lowest BCUT2D eigenvalue weighted by molar-refractivity contribution is -0.140. The van der Waals surface area contributed by atoms with Crippen molar-refractivity contribution in [1.29, 1.82) is 0 Å². The minimum Gasteiger partial charge on any atom is -0.420 e. The van der Waals surface area contributed by atoms with Gasteiger partial charge in [0.15, 0.2) is 16.5 Å². The van der Waals surface area contributed by atoms with E-state index < -0.39 is 55.9 Å². The van der Waals surface area contributed by atoms with Gasteiger partial charge in [-0.05, 0) is 12.8 Å². The lowest BCUT2D eigenvalue weighted by Crippen LogP contribution is -2.24. The molecule has 23 heavy (non-hydrogen) atoms. The maximum Gasteiger partial charge on any atom is 0.314 e. The Morgan fingerprint density at radius 3 is 1.87 bits per heavy atom. The molecule has 1 aliphatic rings. The van der Waals surface area contributed by atoms with E-state index in [2.05, 4.69) is 4.74 Å². The summed E-state index contributed by atoms with van der Waals surface area (Å²) in [5, 5.41) is 0. The van der Waals surface area contributed by atoms with Gasteiger partial charge in [-0.25, -0.2) is 8.78 Å². The average molecular weight is 356 g/mol. The number of hydrogen-bond acceptors (Lipinski definition) is 4. The molecule has 0 saturated heterocycles. The van der Waals surface area contributed by atoms with Crippen molar-refractivity contribution in [2.75, 3.05) is 0 Å². The third kappa shape index (κ3) is 3.47. The second-order valence-corrected chi connectivity index (χ2v) is 6.50. The van der Waals surface area contributed by atoms with Crippen LogP contribution in [0.2, 0.25) is 0 Å². The van der Waals surface area contributed by atoms with Crippen LogP contribution in [0.3, 0.4) is 0 Å². The first-order valence-electron chi connectivity index (χ1n) is 6.69. The van der Waals surface area contributed by atoms with Gasteiger partial charge in [-0.2, -0.15) is 17.2 Å². The molecule has 1 fully saturated rings. The van der Waals surface area contributed by atoms with Crippen LogP contribution in [-0.4, -0.2) is 18.9 Å².